The van der Waals surface area contributed by atoms with Crippen LogP contribution < -0.4 is 0 Å². The number of benzene rings is 4. The van der Waals surface area contributed by atoms with E-state index < -0.39 is 0 Å². The SMILES string of the molecule is Oc1c(-c2ccccc2)c2cc(Br)ccc2c2ccc(Br)cc12. The largest absolute Gasteiger partial charge is 0.507 e. The summed E-state index contributed by atoms with van der Waals surface area (Å²) in [4.78, 5) is 0. The number of hydrogen-bond acceptors (Lipinski definition) is 1. The quantitative estimate of drug-likeness (QED) is 0.328. The Kier molecular flexibility index (Phi) is 3.63. The first-order chi connectivity index (χ1) is 11.1. The van der Waals surface area contributed by atoms with Crippen LogP contribution in [0.2, 0.25) is 0 Å². The number of halogens is 2. The molecule has 0 radical (unpaired) electrons. The van der Waals surface area contributed by atoms with E-state index in [9.17, 15) is 5.11 Å². The van der Waals surface area contributed by atoms with Crippen LogP contribution in [-0.4, -0.2) is 5.11 Å². The van der Waals surface area contributed by atoms with Gasteiger partial charge in [-0.3, -0.25) is 0 Å². The standard InChI is InChI=1S/C20H12Br2O/c21-13-6-8-15-16-9-7-14(22)11-18(16)20(23)19(17(15)10-13)12-4-2-1-3-5-12/h1-11,23H. The van der Waals surface area contributed by atoms with E-state index in [1.54, 1.807) is 0 Å². The molecule has 0 aliphatic heterocycles. The summed E-state index contributed by atoms with van der Waals surface area (Å²) in [6.45, 7) is 0. The molecule has 0 heterocycles. The zero-order valence-electron chi connectivity index (χ0n) is 12.1. The fourth-order valence-electron chi connectivity index (χ4n) is 3.06. The Balaban J connectivity index is 2.26. The minimum atomic E-state index is 0.318. The molecule has 0 saturated carbocycles. The third kappa shape index (κ3) is 2.44. The van der Waals surface area contributed by atoms with Crippen LogP contribution in [0.4, 0.5) is 0 Å². The second-order valence-electron chi connectivity index (χ2n) is 5.47. The molecule has 0 aliphatic carbocycles. The number of aromatic hydroxyl groups is 1. The molecule has 0 unspecified atom stereocenters. The third-order valence-electron chi connectivity index (χ3n) is 4.08. The first-order valence-electron chi connectivity index (χ1n) is 7.24. The average molecular weight is 428 g/mol. The summed E-state index contributed by atoms with van der Waals surface area (Å²) < 4.78 is 1.95. The smallest absolute Gasteiger partial charge is 0.131 e. The van der Waals surface area contributed by atoms with Gasteiger partial charge in [0.25, 0.3) is 0 Å². The lowest BCUT2D eigenvalue weighted by Crippen LogP contribution is -1.87. The van der Waals surface area contributed by atoms with E-state index in [2.05, 4.69) is 44.0 Å². The van der Waals surface area contributed by atoms with Crippen molar-refractivity contribution < 1.29 is 5.11 Å². The second-order valence-corrected chi connectivity index (χ2v) is 7.30. The second kappa shape index (κ2) is 5.66. The van der Waals surface area contributed by atoms with Crippen molar-refractivity contribution in [3.05, 3.63) is 75.7 Å². The maximum atomic E-state index is 11.0. The van der Waals surface area contributed by atoms with Crippen LogP contribution in [0, 0.1) is 0 Å². The molecule has 0 atom stereocenters. The van der Waals surface area contributed by atoms with Gasteiger partial charge in [0.1, 0.15) is 5.75 Å². The Morgan fingerprint density at radius 1 is 0.609 bits per heavy atom. The average Bonchev–Trinajstić information content (AvgIpc) is 2.56. The van der Waals surface area contributed by atoms with Crippen molar-refractivity contribution in [3.63, 3.8) is 0 Å². The van der Waals surface area contributed by atoms with Gasteiger partial charge in [0.05, 0.1) is 0 Å². The zero-order valence-corrected chi connectivity index (χ0v) is 15.2. The predicted octanol–water partition coefficient (Wildman–Crippen LogP) is 6.89. The van der Waals surface area contributed by atoms with E-state index in [4.69, 9.17) is 0 Å². The van der Waals surface area contributed by atoms with Gasteiger partial charge in [-0.05, 0) is 46.0 Å². The highest BCUT2D eigenvalue weighted by Gasteiger charge is 2.15. The first-order valence-corrected chi connectivity index (χ1v) is 8.82. The van der Waals surface area contributed by atoms with Crippen LogP contribution in [-0.2, 0) is 0 Å². The summed E-state index contributed by atoms with van der Waals surface area (Å²) in [5.41, 5.74) is 1.88. The molecule has 3 heteroatoms. The molecule has 112 valence electrons. The van der Waals surface area contributed by atoms with Crippen molar-refractivity contribution in [2.75, 3.05) is 0 Å². The van der Waals surface area contributed by atoms with Gasteiger partial charge in [-0.25, -0.2) is 0 Å². The van der Waals surface area contributed by atoms with Crippen LogP contribution in [0.25, 0.3) is 32.7 Å². The first kappa shape index (κ1) is 14.7. The highest BCUT2D eigenvalue weighted by Crippen LogP contribution is 2.44. The number of phenols is 1. The third-order valence-corrected chi connectivity index (χ3v) is 5.06. The number of hydrogen-bond donors (Lipinski definition) is 1. The summed E-state index contributed by atoms with van der Waals surface area (Å²) in [5, 5.41) is 15.1. The Morgan fingerprint density at radius 3 is 1.83 bits per heavy atom. The van der Waals surface area contributed by atoms with E-state index in [1.165, 1.54) is 0 Å². The summed E-state index contributed by atoms with van der Waals surface area (Å²) in [6, 6.07) is 22.2. The highest BCUT2D eigenvalue weighted by molar-refractivity contribution is 9.10. The highest BCUT2D eigenvalue weighted by atomic mass is 79.9. The molecule has 4 rings (SSSR count). The van der Waals surface area contributed by atoms with Crippen molar-refractivity contribution in [3.8, 4) is 16.9 Å². The van der Waals surface area contributed by atoms with Gasteiger partial charge in [-0.15, -0.1) is 0 Å². The van der Waals surface area contributed by atoms with E-state index in [1.807, 2.05) is 54.6 Å². The van der Waals surface area contributed by atoms with Crippen LogP contribution in [0.1, 0.15) is 0 Å². The molecule has 4 aromatic rings. The van der Waals surface area contributed by atoms with Gasteiger partial charge in [-0.1, -0.05) is 74.3 Å². The van der Waals surface area contributed by atoms with E-state index in [-0.39, 0.29) is 0 Å². The lowest BCUT2D eigenvalue weighted by atomic mass is 9.92. The van der Waals surface area contributed by atoms with Crippen LogP contribution in [0.15, 0.2) is 75.7 Å². The Morgan fingerprint density at radius 2 is 1.17 bits per heavy atom. The minimum absolute atomic E-state index is 0.318. The maximum absolute atomic E-state index is 11.0. The van der Waals surface area contributed by atoms with Crippen molar-refractivity contribution >= 4 is 53.4 Å². The molecule has 1 N–H and O–H groups in total. The van der Waals surface area contributed by atoms with Crippen LogP contribution in [0.3, 0.4) is 0 Å². The molecular weight excluding hydrogens is 416 g/mol. The number of fused-ring (bicyclic) bond motifs is 3. The van der Waals surface area contributed by atoms with Gasteiger partial charge in [-0.2, -0.15) is 0 Å². The molecule has 1 nitrogen and oxygen atoms in total. The molecule has 0 saturated heterocycles. The van der Waals surface area contributed by atoms with Gasteiger partial charge < -0.3 is 5.11 Å². The Labute approximate surface area is 150 Å². The zero-order chi connectivity index (χ0) is 16.0. The molecule has 0 bridgehead atoms. The lowest BCUT2D eigenvalue weighted by molar-refractivity contribution is 0.484. The molecule has 0 amide bonds. The molecule has 4 aromatic carbocycles. The van der Waals surface area contributed by atoms with Crippen molar-refractivity contribution in [1.29, 1.82) is 0 Å². The normalized spacial score (nSPS) is 11.2. The van der Waals surface area contributed by atoms with Gasteiger partial charge in [0.2, 0.25) is 0 Å². The van der Waals surface area contributed by atoms with Crippen molar-refractivity contribution in [2.24, 2.45) is 0 Å². The number of phenolic OH excluding ortho intramolecular Hbond substituents is 1. The molecule has 0 aliphatic rings. The monoisotopic (exact) mass is 426 g/mol. The van der Waals surface area contributed by atoms with Crippen molar-refractivity contribution in [1.82, 2.24) is 0 Å². The minimum Gasteiger partial charge on any atom is -0.507 e. The van der Waals surface area contributed by atoms with Crippen molar-refractivity contribution in [2.45, 2.75) is 0 Å². The Bertz CT molecular complexity index is 1040. The molecule has 0 spiro atoms. The fourth-order valence-corrected chi connectivity index (χ4v) is 3.79. The maximum Gasteiger partial charge on any atom is 0.131 e. The van der Waals surface area contributed by atoms with E-state index in [0.29, 0.717) is 5.75 Å². The van der Waals surface area contributed by atoms with Gasteiger partial charge in [0, 0.05) is 19.9 Å². The molecular formula is C20H12Br2O. The molecule has 23 heavy (non-hydrogen) atoms. The topological polar surface area (TPSA) is 20.2 Å². The fraction of sp³-hybridized carbons (Fsp3) is 0. The van der Waals surface area contributed by atoms with Gasteiger partial charge in [0.15, 0.2) is 0 Å². The predicted molar refractivity (Wildman–Crippen MR) is 104 cm³/mol. The summed E-state index contributed by atoms with van der Waals surface area (Å²) in [7, 11) is 0. The van der Waals surface area contributed by atoms with Crippen LogP contribution in [0.5, 0.6) is 5.75 Å². The summed E-state index contributed by atoms with van der Waals surface area (Å²) in [6.07, 6.45) is 0. The molecule has 0 fully saturated rings. The van der Waals surface area contributed by atoms with E-state index in [0.717, 1.165) is 41.6 Å². The van der Waals surface area contributed by atoms with Crippen LogP contribution >= 0.6 is 31.9 Å². The lowest BCUT2D eigenvalue weighted by Gasteiger charge is -2.14. The summed E-state index contributed by atoms with van der Waals surface area (Å²) >= 11 is 7.05. The Hall–Kier alpha value is -1.84. The molecule has 0 aromatic heterocycles. The van der Waals surface area contributed by atoms with E-state index >= 15 is 0 Å². The summed E-state index contributed by atoms with van der Waals surface area (Å²) in [5.74, 6) is 0.318. The number of rotatable bonds is 1. The van der Waals surface area contributed by atoms with Gasteiger partial charge >= 0.3 is 0 Å².